The van der Waals surface area contributed by atoms with Crippen LogP contribution in [-0.2, 0) is 6.54 Å². The molecule has 4 rings (SSSR count). The Morgan fingerprint density at radius 1 is 1.31 bits per heavy atom. The lowest BCUT2D eigenvalue weighted by Crippen LogP contribution is -2.43. The van der Waals surface area contributed by atoms with E-state index in [-0.39, 0.29) is 17.4 Å². The Bertz CT molecular complexity index is 675. The van der Waals surface area contributed by atoms with Crippen molar-refractivity contribution in [2.75, 3.05) is 19.6 Å². The highest BCUT2D eigenvalue weighted by Crippen LogP contribution is 2.49. The second-order valence-corrected chi connectivity index (χ2v) is 10.3. The first kappa shape index (κ1) is 22.3. The number of nitrogens with two attached hydrogens (primary N) is 1. The maximum atomic E-state index is 13.1. The van der Waals surface area contributed by atoms with E-state index >= 15 is 0 Å². The molecule has 2 bridgehead atoms. The number of amides is 1. The largest absolute Gasteiger partial charge is 0.350 e. The summed E-state index contributed by atoms with van der Waals surface area (Å²) in [6.07, 6.45) is 7.55. The number of carbonyl (C=O) groups excluding carboxylic acids is 1. The van der Waals surface area contributed by atoms with Crippen molar-refractivity contribution in [1.82, 2.24) is 20.4 Å². The average Bonchev–Trinajstić information content (AvgIpc) is 3.04. The predicted octanol–water partition coefficient (Wildman–Crippen LogP) is 3.48. The van der Waals surface area contributed by atoms with Crippen LogP contribution < -0.4 is 16.4 Å². The molecular formula is C23H41N5O. The molecule has 3 fully saturated rings. The van der Waals surface area contributed by atoms with Gasteiger partial charge in [0.2, 0.25) is 0 Å². The molecule has 29 heavy (non-hydrogen) atoms. The Hall–Kier alpha value is -1.40. The first-order valence-corrected chi connectivity index (χ1v) is 11.6. The monoisotopic (exact) mass is 403 g/mol. The van der Waals surface area contributed by atoms with Gasteiger partial charge in [0.15, 0.2) is 0 Å². The highest BCUT2D eigenvalue weighted by molar-refractivity contribution is 5.92. The summed E-state index contributed by atoms with van der Waals surface area (Å²) in [6.45, 7) is 11.9. The number of nitrogens with one attached hydrogen (secondary N) is 2. The predicted molar refractivity (Wildman–Crippen MR) is 118 cm³/mol. The van der Waals surface area contributed by atoms with Gasteiger partial charge in [0.25, 0.3) is 5.91 Å². The lowest BCUT2D eigenvalue weighted by Gasteiger charge is -2.47. The Kier molecular flexibility index (Phi) is 7.38. The van der Waals surface area contributed by atoms with E-state index in [4.69, 9.17) is 5.73 Å². The zero-order valence-corrected chi connectivity index (χ0v) is 18.8. The molecule has 6 nitrogen and oxygen atoms in total. The van der Waals surface area contributed by atoms with Gasteiger partial charge >= 0.3 is 0 Å². The van der Waals surface area contributed by atoms with Crippen LogP contribution >= 0.6 is 0 Å². The number of carbonyl (C=O) groups is 1. The van der Waals surface area contributed by atoms with E-state index in [1.54, 1.807) is 0 Å². The number of hydrogen-bond acceptors (Lipinski definition) is 4. The molecule has 4 N–H and O–H groups in total. The van der Waals surface area contributed by atoms with Gasteiger partial charge in [-0.2, -0.15) is 5.10 Å². The summed E-state index contributed by atoms with van der Waals surface area (Å²) in [5.74, 6) is 2.57. The molecule has 2 atom stereocenters. The van der Waals surface area contributed by atoms with E-state index in [2.05, 4.69) is 43.4 Å². The van der Waals surface area contributed by atoms with Crippen LogP contribution in [0.5, 0.6) is 0 Å². The van der Waals surface area contributed by atoms with Crippen molar-refractivity contribution >= 4 is 5.91 Å². The third kappa shape index (κ3) is 5.82. The van der Waals surface area contributed by atoms with E-state index in [1.165, 1.54) is 32.1 Å². The number of nitrogens with zero attached hydrogens (tertiary/aromatic N) is 2. The molecule has 2 unspecified atom stereocenters. The van der Waals surface area contributed by atoms with Gasteiger partial charge in [-0.3, -0.25) is 9.48 Å². The molecule has 3 aliphatic rings. The van der Waals surface area contributed by atoms with Crippen LogP contribution in [-0.4, -0.2) is 35.3 Å². The van der Waals surface area contributed by atoms with Gasteiger partial charge in [-0.1, -0.05) is 13.8 Å². The topological polar surface area (TPSA) is 85.0 Å². The molecule has 0 aliphatic heterocycles. The fraction of sp³-hybridized carbons (Fsp3) is 0.826. The fourth-order valence-corrected chi connectivity index (χ4v) is 5.57. The van der Waals surface area contributed by atoms with Crippen molar-refractivity contribution in [1.29, 1.82) is 0 Å². The van der Waals surface area contributed by atoms with Gasteiger partial charge in [-0.15, -0.1) is 0 Å². The van der Waals surface area contributed by atoms with Gasteiger partial charge in [0.05, 0.1) is 5.69 Å². The van der Waals surface area contributed by atoms with Gasteiger partial charge in [-0.25, -0.2) is 0 Å². The van der Waals surface area contributed by atoms with Crippen LogP contribution in [0.4, 0.5) is 0 Å². The molecule has 0 radical (unpaired) electrons. The van der Waals surface area contributed by atoms with Crippen molar-refractivity contribution in [3.63, 3.8) is 0 Å². The zero-order valence-electron chi connectivity index (χ0n) is 18.8. The fourth-order valence-electron chi connectivity index (χ4n) is 5.57. The van der Waals surface area contributed by atoms with E-state index < -0.39 is 0 Å². The summed E-state index contributed by atoms with van der Waals surface area (Å²) in [7, 11) is 0. The third-order valence-corrected chi connectivity index (χ3v) is 6.74. The summed E-state index contributed by atoms with van der Waals surface area (Å²) in [5, 5.41) is 11.3. The average molecular weight is 404 g/mol. The molecule has 0 aromatic carbocycles. The Balaban J connectivity index is 1.62. The smallest absolute Gasteiger partial charge is 0.269 e. The normalized spacial score (nSPS) is 29.2. The molecule has 3 aliphatic carbocycles. The van der Waals surface area contributed by atoms with Crippen molar-refractivity contribution < 1.29 is 4.79 Å². The SMILES string of the molecule is CC1CC2CC(C2)CC(C)(CNC(=O)c2cc(CNCCCN)nn2C(C)C)C1. The minimum absolute atomic E-state index is 0.00170. The summed E-state index contributed by atoms with van der Waals surface area (Å²) in [6, 6.07) is 2.09. The molecule has 1 aromatic heterocycles. The second kappa shape index (κ2) is 9.61. The molecule has 164 valence electrons. The van der Waals surface area contributed by atoms with Crippen LogP contribution in [0, 0.1) is 23.2 Å². The van der Waals surface area contributed by atoms with Gasteiger partial charge < -0.3 is 16.4 Å². The Morgan fingerprint density at radius 3 is 2.76 bits per heavy atom. The number of fused-ring (bicyclic) bond motifs is 4. The van der Waals surface area contributed by atoms with Crippen LogP contribution in [0.1, 0.15) is 88.4 Å². The lowest BCUT2D eigenvalue weighted by atomic mass is 9.59. The van der Waals surface area contributed by atoms with Crippen LogP contribution in [0.15, 0.2) is 6.07 Å². The summed E-state index contributed by atoms with van der Waals surface area (Å²) in [5.41, 5.74) is 7.32. The molecule has 1 amide bonds. The van der Waals surface area contributed by atoms with Gasteiger partial charge in [0, 0.05) is 19.1 Å². The maximum absolute atomic E-state index is 13.1. The first-order valence-electron chi connectivity index (χ1n) is 11.6. The molecule has 3 saturated carbocycles. The third-order valence-electron chi connectivity index (χ3n) is 6.74. The second-order valence-electron chi connectivity index (χ2n) is 10.3. The number of hydrogen-bond donors (Lipinski definition) is 3. The highest BCUT2D eigenvalue weighted by Gasteiger charge is 2.40. The minimum atomic E-state index is 0.00170. The number of aromatic nitrogens is 2. The van der Waals surface area contributed by atoms with Crippen molar-refractivity contribution in [3.8, 4) is 0 Å². The van der Waals surface area contributed by atoms with Crippen molar-refractivity contribution in [3.05, 3.63) is 17.5 Å². The van der Waals surface area contributed by atoms with E-state index in [0.29, 0.717) is 18.8 Å². The maximum Gasteiger partial charge on any atom is 0.269 e. The highest BCUT2D eigenvalue weighted by atomic mass is 16.2. The first-order chi connectivity index (χ1) is 13.8. The van der Waals surface area contributed by atoms with Gasteiger partial charge in [0.1, 0.15) is 5.69 Å². The lowest BCUT2D eigenvalue weighted by molar-refractivity contribution is 0.0471. The zero-order chi connectivity index (χ0) is 21.0. The molecule has 0 saturated heterocycles. The summed E-state index contributed by atoms with van der Waals surface area (Å²) >= 11 is 0. The summed E-state index contributed by atoms with van der Waals surface area (Å²) < 4.78 is 1.86. The molecule has 0 spiro atoms. The minimum Gasteiger partial charge on any atom is -0.350 e. The van der Waals surface area contributed by atoms with E-state index in [0.717, 1.165) is 43.0 Å². The molecule has 1 heterocycles. The van der Waals surface area contributed by atoms with Crippen LogP contribution in [0.3, 0.4) is 0 Å². The van der Waals surface area contributed by atoms with Gasteiger partial charge in [-0.05, 0) is 94.7 Å². The Labute approximate surface area is 176 Å². The van der Waals surface area contributed by atoms with E-state index in [9.17, 15) is 4.79 Å². The molecule has 1 aromatic rings. The standard InChI is InChI=1S/C23H41N5O/c1-16(2)28-21(11-20(27-28)14-25-7-5-6-24)22(29)26-15-23(4)12-17(3)8-18-9-19(10-18)13-23/h11,16-19,25H,5-10,12-15,24H2,1-4H3,(H,26,29). The Morgan fingerprint density at radius 2 is 2.07 bits per heavy atom. The van der Waals surface area contributed by atoms with Crippen molar-refractivity contribution in [2.45, 2.75) is 78.8 Å². The number of rotatable bonds is 9. The van der Waals surface area contributed by atoms with E-state index in [1.807, 2.05) is 10.7 Å². The molecular weight excluding hydrogens is 362 g/mol. The summed E-state index contributed by atoms with van der Waals surface area (Å²) in [4.78, 5) is 13.1. The molecule has 6 heteroatoms. The quantitative estimate of drug-likeness (QED) is 0.551. The van der Waals surface area contributed by atoms with Crippen LogP contribution in [0.25, 0.3) is 0 Å². The van der Waals surface area contributed by atoms with Crippen molar-refractivity contribution in [2.24, 2.45) is 28.9 Å². The van der Waals surface area contributed by atoms with Crippen LogP contribution in [0.2, 0.25) is 0 Å².